The third kappa shape index (κ3) is 3.12. The lowest BCUT2D eigenvalue weighted by atomic mass is 9.93. The van der Waals surface area contributed by atoms with E-state index in [-0.39, 0.29) is 11.4 Å². The Balaban J connectivity index is 1.26. The van der Waals surface area contributed by atoms with Gasteiger partial charge in [0.15, 0.2) is 6.17 Å². The van der Waals surface area contributed by atoms with E-state index >= 15 is 4.39 Å². The van der Waals surface area contributed by atoms with E-state index < -0.39 is 30.2 Å². The second kappa shape index (κ2) is 7.45. The Morgan fingerprint density at radius 3 is 2.85 bits per heavy atom. The first kappa shape index (κ1) is 20.0. The van der Waals surface area contributed by atoms with Crippen LogP contribution in [0.2, 0.25) is 5.02 Å². The standard InChI is InChI=1S/C22H15ClF2N6O2/c23-13-8-18(27-9-12(13)10-1-2-14-15(7-10)30-33-29-14)28-22(32)31-16-3-4-17(31)20(24)19-11(16)5-6-26-21(19)25/h1-2,5-9,16-17,20H,3-4H2,(H,27,28,32)/t16-,17+,20-/m1/s1. The van der Waals surface area contributed by atoms with Crippen molar-refractivity contribution in [2.75, 3.05) is 5.32 Å². The number of fused-ring (bicyclic) bond motifs is 5. The van der Waals surface area contributed by atoms with Gasteiger partial charge in [-0.15, -0.1) is 0 Å². The number of benzene rings is 1. The van der Waals surface area contributed by atoms with Gasteiger partial charge in [0.05, 0.1) is 17.1 Å². The van der Waals surface area contributed by atoms with Crippen molar-refractivity contribution >= 4 is 34.5 Å². The Hall–Kier alpha value is -3.66. The van der Waals surface area contributed by atoms with Crippen LogP contribution in [0.4, 0.5) is 19.4 Å². The summed E-state index contributed by atoms with van der Waals surface area (Å²) in [5.41, 5.74) is 3.01. The highest BCUT2D eigenvalue weighted by Gasteiger charge is 2.49. The highest BCUT2D eigenvalue weighted by Crippen LogP contribution is 2.50. The van der Waals surface area contributed by atoms with E-state index in [1.165, 1.54) is 23.4 Å². The number of halogens is 3. The Morgan fingerprint density at radius 2 is 2.00 bits per heavy atom. The van der Waals surface area contributed by atoms with Gasteiger partial charge in [0, 0.05) is 29.6 Å². The molecule has 2 aliphatic rings. The largest absolute Gasteiger partial charge is 0.323 e. The summed E-state index contributed by atoms with van der Waals surface area (Å²) in [6.07, 6.45) is 2.16. The molecule has 11 heteroatoms. The van der Waals surface area contributed by atoms with Crippen molar-refractivity contribution in [3.8, 4) is 11.1 Å². The van der Waals surface area contributed by atoms with E-state index in [9.17, 15) is 9.18 Å². The van der Waals surface area contributed by atoms with Crippen molar-refractivity contribution in [1.29, 1.82) is 0 Å². The minimum atomic E-state index is -1.64. The molecule has 0 radical (unpaired) electrons. The average Bonchev–Trinajstić information content (AvgIpc) is 3.42. The maximum Gasteiger partial charge on any atom is 0.323 e. The predicted molar refractivity (Wildman–Crippen MR) is 115 cm³/mol. The number of nitrogens with zero attached hydrogens (tertiary/aromatic N) is 5. The Bertz CT molecular complexity index is 1410. The molecule has 4 aromatic rings. The first-order valence-corrected chi connectivity index (χ1v) is 10.6. The monoisotopic (exact) mass is 468 g/mol. The van der Waals surface area contributed by atoms with Crippen molar-refractivity contribution in [3.05, 3.63) is 64.8 Å². The van der Waals surface area contributed by atoms with Gasteiger partial charge in [-0.1, -0.05) is 17.7 Å². The van der Waals surface area contributed by atoms with Gasteiger partial charge in [-0.25, -0.2) is 23.8 Å². The number of alkyl halides is 1. The van der Waals surface area contributed by atoms with Crippen molar-refractivity contribution in [2.24, 2.45) is 0 Å². The number of urea groups is 1. The number of carbonyl (C=O) groups excluding carboxylic acids is 1. The zero-order chi connectivity index (χ0) is 22.7. The van der Waals surface area contributed by atoms with E-state index in [0.717, 1.165) is 5.56 Å². The van der Waals surface area contributed by atoms with Gasteiger partial charge in [0.1, 0.15) is 16.9 Å². The number of hydrogen-bond acceptors (Lipinski definition) is 6. The van der Waals surface area contributed by atoms with Crippen molar-refractivity contribution in [2.45, 2.75) is 31.1 Å². The maximum absolute atomic E-state index is 15.1. The lowest BCUT2D eigenvalue weighted by molar-refractivity contribution is 0.120. The van der Waals surface area contributed by atoms with E-state index in [4.69, 9.17) is 16.2 Å². The average molecular weight is 469 g/mol. The molecule has 3 aromatic heterocycles. The highest BCUT2D eigenvalue weighted by molar-refractivity contribution is 6.33. The topological polar surface area (TPSA) is 97.0 Å². The summed E-state index contributed by atoms with van der Waals surface area (Å²) >= 11 is 6.46. The van der Waals surface area contributed by atoms with Gasteiger partial charge in [-0.3, -0.25) is 5.32 Å². The molecule has 6 rings (SSSR count). The molecule has 2 bridgehead atoms. The first-order valence-electron chi connectivity index (χ1n) is 10.3. The van der Waals surface area contributed by atoms with Crippen LogP contribution in [0.5, 0.6) is 0 Å². The number of aromatic nitrogens is 4. The van der Waals surface area contributed by atoms with Crippen molar-refractivity contribution < 1.29 is 18.2 Å². The molecule has 166 valence electrons. The quantitative estimate of drug-likeness (QED) is 0.404. The third-order valence-electron chi connectivity index (χ3n) is 6.26. The van der Waals surface area contributed by atoms with Crippen LogP contribution in [-0.4, -0.2) is 37.3 Å². The number of pyridine rings is 2. The molecule has 2 amide bonds. The van der Waals surface area contributed by atoms with E-state index in [2.05, 4.69) is 25.6 Å². The smallest absolute Gasteiger partial charge is 0.311 e. The van der Waals surface area contributed by atoms with Gasteiger partial charge in [-0.2, -0.15) is 4.39 Å². The lowest BCUT2D eigenvalue weighted by Crippen LogP contribution is -2.45. The van der Waals surface area contributed by atoms with Crippen LogP contribution < -0.4 is 5.32 Å². The van der Waals surface area contributed by atoms with Crippen LogP contribution in [0.3, 0.4) is 0 Å². The van der Waals surface area contributed by atoms with Crippen LogP contribution in [-0.2, 0) is 0 Å². The Kier molecular flexibility index (Phi) is 4.51. The fourth-order valence-electron chi connectivity index (χ4n) is 4.78. The van der Waals surface area contributed by atoms with Gasteiger partial charge in [0.2, 0.25) is 5.95 Å². The van der Waals surface area contributed by atoms with Crippen molar-refractivity contribution in [1.82, 2.24) is 25.2 Å². The predicted octanol–water partition coefficient (Wildman–Crippen LogP) is 5.23. The molecule has 0 aliphatic carbocycles. The molecule has 1 aromatic carbocycles. The molecule has 1 N–H and O–H groups in total. The van der Waals surface area contributed by atoms with Gasteiger partial charge in [-0.05, 0) is 52.5 Å². The summed E-state index contributed by atoms with van der Waals surface area (Å²) in [7, 11) is 0. The Labute approximate surface area is 190 Å². The first-order chi connectivity index (χ1) is 16.0. The third-order valence-corrected chi connectivity index (χ3v) is 6.58. The number of anilines is 1. The zero-order valence-corrected chi connectivity index (χ0v) is 17.6. The molecule has 33 heavy (non-hydrogen) atoms. The number of hydrogen-bond donors (Lipinski definition) is 1. The molecule has 1 fully saturated rings. The van der Waals surface area contributed by atoms with Gasteiger partial charge in [0.25, 0.3) is 0 Å². The molecular formula is C22H15ClF2N6O2. The molecule has 0 spiro atoms. The van der Waals surface area contributed by atoms with Crippen LogP contribution in [0.1, 0.15) is 36.2 Å². The number of amides is 2. The number of nitrogens with one attached hydrogen (secondary N) is 1. The fourth-order valence-corrected chi connectivity index (χ4v) is 5.04. The Morgan fingerprint density at radius 1 is 1.15 bits per heavy atom. The maximum atomic E-state index is 15.1. The fraction of sp³-hybridized carbons (Fsp3) is 0.227. The second-order valence-electron chi connectivity index (χ2n) is 8.02. The second-order valence-corrected chi connectivity index (χ2v) is 8.43. The molecule has 5 heterocycles. The number of carbonyl (C=O) groups is 1. The van der Waals surface area contributed by atoms with Crippen molar-refractivity contribution in [3.63, 3.8) is 0 Å². The highest BCUT2D eigenvalue weighted by atomic mass is 35.5. The summed E-state index contributed by atoms with van der Waals surface area (Å²) in [6, 6.07) is 6.73. The van der Waals surface area contributed by atoms with E-state index in [1.807, 2.05) is 6.07 Å². The molecule has 8 nitrogen and oxygen atoms in total. The minimum Gasteiger partial charge on any atom is -0.311 e. The molecule has 0 saturated carbocycles. The normalized spacial score (nSPS) is 21.3. The van der Waals surface area contributed by atoms with E-state index in [0.29, 0.717) is 40.0 Å². The molecular weight excluding hydrogens is 454 g/mol. The molecule has 1 saturated heterocycles. The summed E-state index contributed by atoms with van der Waals surface area (Å²) in [5, 5.41) is 10.7. The van der Waals surface area contributed by atoms with Crippen LogP contribution in [0.25, 0.3) is 22.2 Å². The molecule has 2 aliphatic heterocycles. The summed E-state index contributed by atoms with van der Waals surface area (Å²) in [4.78, 5) is 22.4. The summed E-state index contributed by atoms with van der Waals surface area (Å²) in [5.74, 6) is -0.597. The molecule has 0 unspecified atom stereocenters. The van der Waals surface area contributed by atoms with E-state index in [1.54, 1.807) is 18.2 Å². The van der Waals surface area contributed by atoms with Crippen LogP contribution in [0.15, 0.2) is 47.4 Å². The number of rotatable bonds is 2. The zero-order valence-electron chi connectivity index (χ0n) is 16.9. The lowest BCUT2D eigenvalue weighted by Gasteiger charge is -2.38. The minimum absolute atomic E-state index is 0.0427. The molecule has 3 atom stereocenters. The summed E-state index contributed by atoms with van der Waals surface area (Å²) < 4.78 is 34.0. The van der Waals surface area contributed by atoms with Crippen LogP contribution >= 0.6 is 11.6 Å². The van der Waals surface area contributed by atoms with Gasteiger partial charge < -0.3 is 4.90 Å². The van der Waals surface area contributed by atoms with Gasteiger partial charge >= 0.3 is 6.03 Å². The van der Waals surface area contributed by atoms with Crippen LogP contribution in [0, 0.1) is 5.95 Å². The summed E-state index contributed by atoms with van der Waals surface area (Å²) in [6.45, 7) is 0. The SMILES string of the molecule is O=C(Nc1cc(Cl)c(-c2ccc3nonc3c2)cn1)N1[C@@H]2CC[C@H]1[C@@H](F)c1c2ccnc1F.